The van der Waals surface area contributed by atoms with Crippen LogP contribution in [0.25, 0.3) is 11.1 Å². The van der Waals surface area contributed by atoms with E-state index in [1.54, 1.807) is 0 Å². The molecule has 0 aliphatic heterocycles. The Morgan fingerprint density at radius 3 is 1.35 bits per heavy atom. The van der Waals surface area contributed by atoms with Gasteiger partial charge in [0.2, 0.25) is 0 Å². The number of rotatable bonds is 2. The van der Waals surface area contributed by atoms with Gasteiger partial charge in [-0.3, -0.25) is 4.79 Å². The number of carbonyl (C=O) groups excluding carboxylic acids is 1. The second-order valence-electron chi connectivity index (χ2n) is 4.26. The molecule has 1 nitrogen and oxygen atoms in total. The van der Waals surface area contributed by atoms with Crippen LogP contribution in [0.15, 0.2) is 91.0 Å². The Morgan fingerprint density at radius 1 is 0.500 bits per heavy atom. The van der Waals surface area contributed by atoms with E-state index in [2.05, 4.69) is 12.1 Å². The Morgan fingerprint density at radius 2 is 0.900 bits per heavy atom. The van der Waals surface area contributed by atoms with Crippen LogP contribution in [-0.4, -0.2) is 6.29 Å². The van der Waals surface area contributed by atoms with E-state index in [0.717, 1.165) is 11.8 Å². The highest BCUT2D eigenvalue weighted by Gasteiger charge is 1.95. The number of hydrogen-bond acceptors (Lipinski definition) is 1. The lowest BCUT2D eigenvalue weighted by Gasteiger charge is -2.00. The van der Waals surface area contributed by atoms with Crippen LogP contribution >= 0.6 is 0 Å². The van der Waals surface area contributed by atoms with Gasteiger partial charge in [-0.1, -0.05) is 91.0 Å². The first-order chi connectivity index (χ1) is 9.90. The van der Waals surface area contributed by atoms with Crippen molar-refractivity contribution in [1.29, 1.82) is 0 Å². The summed E-state index contributed by atoms with van der Waals surface area (Å²) in [6, 6.07) is 29.7. The molecule has 20 heavy (non-hydrogen) atoms. The Bertz CT molecular complexity index is 586. The van der Waals surface area contributed by atoms with Gasteiger partial charge < -0.3 is 0 Å². The largest absolute Gasteiger partial charge is 0.298 e. The zero-order valence-corrected chi connectivity index (χ0v) is 11.1. The predicted octanol–water partition coefficient (Wildman–Crippen LogP) is 4.85. The predicted molar refractivity (Wildman–Crippen MR) is 83.7 cm³/mol. The molecule has 0 aliphatic rings. The van der Waals surface area contributed by atoms with Crippen molar-refractivity contribution in [2.75, 3.05) is 0 Å². The highest BCUT2D eigenvalue weighted by atomic mass is 16.1. The van der Waals surface area contributed by atoms with Crippen molar-refractivity contribution in [1.82, 2.24) is 0 Å². The lowest BCUT2D eigenvalue weighted by atomic mass is 10.0. The Balaban J connectivity index is 0.000000205. The summed E-state index contributed by atoms with van der Waals surface area (Å²) in [6.45, 7) is 0. The number of benzene rings is 3. The van der Waals surface area contributed by atoms with Crippen LogP contribution in [0.4, 0.5) is 0 Å². The second-order valence-corrected chi connectivity index (χ2v) is 4.26. The molecule has 0 amide bonds. The minimum Gasteiger partial charge on any atom is -0.298 e. The summed E-state index contributed by atoms with van der Waals surface area (Å²) in [4.78, 5) is 10.5. The van der Waals surface area contributed by atoms with Gasteiger partial charge in [0.05, 0.1) is 0 Å². The topological polar surface area (TPSA) is 17.1 Å². The molecule has 3 rings (SSSR count). The fourth-order valence-corrected chi connectivity index (χ4v) is 1.77. The van der Waals surface area contributed by atoms with Crippen LogP contribution in [0.3, 0.4) is 0 Å². The van der Waals surface area contributed by atoms with Crippen molar-refractivity contribution in [2.24, 2.45) is 0 Å². The average molecular weight is 260 g/mol. The van der Waals surface area contributed by atoms with Crippen LogP contribution in [0.5, 0.6) is 0 Å². The van der Waals surface area contributed by atoms with Crippen LogP contribution in [0.1, 0.15) is 10.4 Å². The monoisotopic (exact) mass is 260 g/mol. The zero-order chi connectivity index (χ0) is 14.0. The Hall–Kier alpha value is -2.67. The van der Waals surface area contributed by atoms with E-state index in [1.165, 1.54) is 5.56 Å². The van der Waals surface area contributed by atoms with E-state index in [4.69, 9.17) is 0 Å². The zero-order valence-electron chi connectivity index (χ0n) is 11.1. The first-order valence-electron chi connectivity index (χ1n) is 6.51. The average Bonchev–Trinajstić information content (AvgIpc) is 2.58. The molecule has 0 unspecified atom stereocenters. The van der Waals surface area contributed by atoms with Crippen LogP contribution in [0, 0.1) is 0 Å². The van der Waals surface area contributed by atoms with Gasteiger partial charge in [0.15, 0.2) is 0 Å². The van der Waals surface area contributed by atoms with E-state index >= 15 is 0 Å². The molecular formula is C19H16O. The SMILES string of the molecule is O=Cc1ccc(-c2ccccc2)cc1.c1ccccc1. The molecule has 0 radical (unpaired) electrons. The molecule has 0 bridgehead atoms. The van der Waals surface area contributed by atoms with E-state index in [9.17, 15) is 4.79 Å². The summed E-state index contributed by atoms with van der Waals surface area (Å²) in [6.07, 6.45) is 0.856. The summed E-state index contributed by atoms with van der Waals surface area (Å²) < 4.78 is 0. The highest BCUT2D eigenvalue weighted by Crippen LogP contribution is 2.18. The van der Waals surface area contributed by atoms with Crippen molar-refractivity contribution in [3.8, 4) is 11.1 Å². The van der Waals surface area contributed by atoms with Gasteiger partial charge >= 0.3 is 0 Å². The first kappa shape index (κ1) is 13.8. The van der Waals surface area contributed by atoms with Crippen molar-refractivity contribution < 1.29 is 4.79 Å². The third kappa shape index (κ3) is 4.21. The third-order valence-corrected chi connectivity index (χ3v) is 2.82. The van der Waals surface area contributed by atoms with E-state index in [-0.39, 0.29) is 0 Å². The normalized spacial score (nSPS) is 9.20. The maximum atomic E-state index is 10.5. The molecule has 0 atom stereocenters. The van der Waals surface area contributed by atoms with Crippen molar-refractivity contribution in [3.63, 3.8) is 0 Å². The van der Waals surface area contributed by atoms with Gasteiger partial charge in [-0.15, -0.1) is 0 Å². The van der Waals surface area contributed by atoms with Crippen LogP contribution in [0.2, 0.25) is 0 Å². The smallest absolute Gasteiger partial charge is 0.150 e. The molecular weight excluding hydrogens is 244 g/mol. The summed E-state index contributed by atoms with van der Waals surface area (Å²) in [5.41, 5.74) is 3.02. The standard InChI is InChI=1S/C13H10O.C6H6/c14-10-11-6-8-13(9-7-11)12-4-2-1-3-5-12;1-2-4-6-5-3-1/h1-10H;1-6H. The lowest BCUT2D eigenvalue weighted by molar-refractivity contribution is 0.112. The molecule has 0 saturated heterocycles. The summed E-state index contributed by atoms with van der Waals surface area (Å²) >= 11 is 0. The van der Waals surface area contributed by atoms with Crippen LogP contribution in [-0.2, 0) is 0 Å². The summed E-state index contributed by atoms with van der Waals surface area (Å²) in [5.74, 6) is 0. The minimum absolute atomic E-state index is 0.713. The molecule has 3 aromatic rings. The third-order valence-electron chi connectivity index (χ3n) is 2.82. The molecule has 0 aliphatic carbocycles. The molecule has 0 spiro atoms. The quantitative estimate of drug-likeness (QED) is 0.602. The van der Waals surface area contributed by atoms with Gasteiger partial charge in [0.25, 0.3) is 0 Å². The van der Waals surface area contributed by atoms with Gasteiger partial charge in [-0.2, -0.15) is 0 Å². The van der Waals surface area contributed by atoms with Crippen molar-refractivity contribution in [3.05, 3.63) is 96.6 Å². The maximum Gasteiger partial charge on any atom is 0.150 e. The first-order valence-corrected chi connectivity index (χ1v) is 6.51. The molecule has 3 aromatic carbocycles. The van der Waals surface area contributed by atoms with Gasteiger partial charge in [-0.25, -0.2) is 0 Å². The van der Waals surface area contributed by atoms with Gasteiger partial charge in [-0.05, 0) is 11.1 Å². The highest BCUT2D eigenvalue weighted by molar-refractivity contribution is 5.76. The molecule has 1 heteroatoms. The van der Waals surface area contributed by atoms with Gasteiger partial charge in [0.1, 0.15) is 6.29 Å². The molecule has 0 aromatic heterocycles. The number of hydrogen-bond donors (Lipinski definition) is 0. The Kier molecular flexibility index (Phi) is 5.29. The van der Waals surface area contributed by atoms with Crippen molar-refractivity contribution in [2.45, 2.75) is 0 Å². The minimum atomic E-state index is 0.713. The number of carbonyl (C=O) groups is 1. The maximum absolute atomic E-state index is 10.5. The fraction of sp³-hybridized carbons (Fsp3) is 0. The Labute approximate surface area is 119 Å². The molecule has 0 fully saturated rings. The summed E-state index contributed by atoms with van der Waals surface area (Å²) in [7, 11) is 0. The molecule has 98 valence electrons. The van der Waals surface area contributed by atoms with E-state index in [0.29, 0.717) is 5.56 Å². The molecule has 0 N–H and O–H groups in total. The lowest BCUT2D eigenvalue weighted by Crippen LogP contribution is -1.80. The van der Waals surface area contributed by atoms with E-state index in [1.807, 2.05) is 78.9 Å². The van der Waals surface area contributed by atoms with Gasteiger partial charge in [0, 0.05) is 5.56 Å². The summed E-state index contributed by atoms with van der Waals surface area (Å²) in [5, 5.41) is 0. The molecule has 0 heterocycles. The molecule has 0 saturated carbocycles. The van der Waals surface area contributed by atoms with E-state index < -0.39 is 0 Å². The van der Waals surface area contributed by atoms with Crippen LogP contribution < -0.4 is 0 Å². The van der Waals surface area contributed by atoms with Crippen molar-refractivity contribution >= 4 is 6.29 Å². The fourth-order valence-electron chi connectivity index (χ4n) is 1.77. The number of aldehydes is 1. The second kappa shape index (κ2) is 7.70.